The summed E-state index contributed by atoms with van der Waals surface area (Å²) in [6.07, 6.45) is 1.16. The van der Waals surface area contributed by atoms with Crippen molar-refractivity contribution in [2.75, 3.05) is 40.4 Å². The molecule has 0 aromatic heterocycles. The fraction of sp³-hybridized carbons (Fsp3) is 0.647. The van der Waals surface area contributed by atoms with Crippen LogP contribution in [-0.4, -0.2) is 45.3 Å². The van der Waals surface area contributed by atoms with Crippen molar-refractivity contribution in [3.05, 3.63) is 34.9 Å². The lowest BCUT2D eigenvalue weighted by Crippen LogP contribution is -2.35. The highest BCUT2D eigenvalue weighted by Gasteiger charge is 2.15. The summed E-state index contributed by atoms with van der Waals surface area (Å²) in [7, 11) is 3.91. The molecule has 0 spiro atoms. The van der Waals surface area contributed by atoms with Crippen LogP contribution < -0.4 is 5.32 Å². The molecule has 1 aromatic carbocycles. The highest BCUT2D eigenvalue weighted by Crippen LogP contribution is 2.20. The third-order valence-electron chi connectivity index (χ3n) is 3.61. The van der Waals surface area contributed by atoms with Crippen LogP contribution >= 0.6 is 0 Å². The van der Waals surface area contributed by atoms with Gasteiger partial charge in [0.15, 0.2) is 0 Å². The van der Waals surface area contributed by atoms with Crippen molar-refractivity contribution >= 4 is 0 Å². The summed E-state index contributed by atoms with van der Waals surface area (Å²) < 4.78 is 5.16. The molecule has 0 amide bonds. The van der Waals surface area contributed by atoms with Crippen molar-refractivity contribution in [1.29, 1.82) is 0 Å². The molecule has 3 heteroatoms. The van der Waals surface area contributed by atoms with Gasteiger partial charge in [-0.25, -0.2) is 0 Å². The molecule has 1 aromatic rings. The first kappa shape index (κ1) is 17.2. The van der Waals surface area contributed by atoms with Gasteiger partial charge < -0.3 is 15.0 Å². The van der Waals surface area contributed by atoms with E-state index in [1.165, 1.54) is 16.7 Å². The van der Waals surface area contributed by atoms with Crippen molar-refractivity contribution in [2.45, 2.75) is 33.2 Å². The SMILES string of the molecule is CCCNC(CN(C)CCOC)c1ccc(C)cc1C. The second-order valence-corrected chi connectivity index (χ2v) is 5.62. The lowest BCUT2D eigenvalue weighted by atomic mass is 9.98. The molecule has 0 radical (unpaired) electrons. The first-order valence-corrected chi connectivity index (χ1v) is 7.56. The summed E-state index contributed by atoms with van der Waals surface area (Å²) in [6, 6.07) is 7.13. The van der Waals surface area contributed by atoms with Crippen molar-refractivity contribution in [1.82, 2.24) is 10.2 Å². The quantitative estimate of drug-likeness (QED) is 0.751. The van der Waals surface area contributed by atoms with Crippen molar-refractivity contribution < 1.29 is 4.74 Å². The number of hydrogen-bond acceptors (Lipinski definition) is 3. The highest BCUT2D eigenvalue weighted by molar-refractivity contribution is 5.33. The van der Waals surface area contributed by atoms with Gasteiger partial charge in [0.25, 0.3) is 0 Å². The lowest BCUT2D eigenvalue weighted by molar-refractivity contribution is 0.155. The average Bonchev–Trinajstić information content (AvgIpc) is 2.41. The van der Waals surface area contributed by atoms with Crippen molar-refractivity contribution in [3.8, 4) is 0 Å². The van der Waals surface area contributed by atoms with Crippen LogP contribution in [0.25, 0.3) is 0 Å². The van der Waals surface area contributed by atoms with Crippen LogP contribution in [0.1, 0.15) is 36.1 Å². The van der Waals surface area contributed by atoms with Crippen LogP contribution in [0.4, 0.5) is 0 Å². The minimum atomic E-state index is 0.386. The summed E-state index contributed by atoms with van der Waals surface area (Å²) in [4.78, 5) is 2.33. The maximum Gasteiger partial charge on any atom is 0.0589 e. The van der Waals surface area contributed by atoms with Crippen LogP contribution in [-0.2, 0) is 4.74 Å². The Bertz CT molecular complexity index is 393. The van der Waals surface area contributed by atoms with E-state index in [0.717, 1.165) is 32.7 Å². The van der Waals surface area contributed by atoms with Gasteiger partial charge in [-0.15, -0.1) is 0 Å². The molecule has 20 heavy (non-hydrogen) atoms. The van der Waals surface area contributed by atoms with E-state index in [1.54, 1.807) is 7.11 Å². The van der Waals surface area contributed by atoms with Gasteiger partial charge in [-0.05, 0) is 45.0 Å². The number of ether oxygens (including phenoxy) is 1. The van der Waals surface area contributed by atoms with E-state index < -0.39 is 0 Å². The number of aryl methyl sites for hydroxylation is 2. The minimum absolute atomic E-state index is 0.386. The zero-order chi connectivity index (χ0) is 15.0. The van der Waals surface area contributed by atoms with Gasteiger partial charge in [0.1, 0.15) is 0 Å². The standard InChI is InChI=1S/C17H30N2O/c1-6-9-18-17(13-19(4)10-11-20-5)16-8-7-14(2)12-15(16)3/h7-8,12,17-18H,6,9-11,13H2,1-5H3. The Labute approximate surface area is 124 Å². The molecular weight excluding hydrogens is 248 g/mol. The van der Waals surface area contributed by atoms with E-state index >= 15 is 0 Å². The van der Waals surface area contributed by atoms with Crippen LogP contribution in [0.15, 0.2) is 18.2 Å². The molecule has 1 unspecified atom stereocenters. The molecule has 0 bridgehead atoms. The molecule has 0 fully saturated rings. The summed E-state index contributed by atoms with van der Waals surface area (Å²) in [5.74, 6) is 0. The molecule has 0 saturated heterocycles. The van der Waals surface area contributed by atoms with Gasteiger partial charge in [0.2, 0.25) is 0 Å². The number of nitrogens with one attached hydrogen (secondary N) is 1. The summed E-state index contributed by atoms with van der Waals surface area (Å²) in [5.41, 5.74) is 4.11. The third kappa shape index (κ3) is 5.61. The van der Waals surface area contributed by atoms with Crippen LogP contribution in [0, 0.1) is 13.8 Å². The van der Waals surface area contributed by atoms with Crippen molar-refractivity contribution in [3.63, 3.8) is 0 Å². The molecule has 114 valence electrons. The predicted molar refractivity (Wildman–Crippen MR) is 86.3 cm³/mol. The van der Waals surface area contributed by atoms with Gasteiger partial charge in [0, 0.05) is 26.2 Å². The number of rotatable bonds is 9. The van der Waals surface area contributed by atoms with E-state index in [9.17, 15) is 0 Å². The predicted octanol–water partition coefficient (Wildman–Crippen LogP) is 2.92. The molecule has 1 rings (SSSR count). The second kappa shape index (κ2) is 9.11. The Hall–Kier alpha value is -0.900. The van der Waals surface area contributed by atoms with E-state index in [2.05, 4.69) is 56.2 Å². The smallest absolute Gasteiger partial charge is 0.0589 e. The van der Waals surface area contributed by atoms with Gasteiger partial charge in [-0.1, -0.05) is 30.7 Å². The van der Waals surface area contributed by atoms with Crippen molar-refractivity contribution in [2.24, 2.45) is 0 Å². The van der Waals surface area contributed by atoms with Crippen LogP contribution in [0.2, 0.25) is 0 Å². The van der Waals surface area contributed by atoms with Crippen LogP contribution in [0.3, 0.4) is 0 Å². The minimum Gasteiger partial charge on any atom is -0.383 e. The molecule has 3 nitrogen and oxygen atoms in total. The lowest BCUT2D eigenvalue weighted by Gasteiger charge is -2.26. The monoisotopic (exact) mass is 278 g/mol. The fourth-order valence-electron chi connectivity index (χ4n) is 2.46. The van der Waals surface area contributed by atoms with E-state index in [1.807, 2.05) is 0 Å². The third-order valence-corrected chi connectivity index (χ3v) is 3.61. The van der Waals surface area contributed by atoms with E-state index in [4.69, 9.17) is 4.74 Å². The second-order valence-electron chi connectivity index (χ2n) is 5.62. The van der Waals surface area contributed by atoms with Gasteiger partial charge in [-0.3, -0.25) is 0 Å². The van der Waals surface area contributed by atoms with Gasteiger partial charge in [0.05, 0.1) is 6.61 Å². The number of hydrogen-bond donors (Lipinski definition) is 1. The summed E-state index contributed by atoms with van der Waals surface area (Å²) >= 11 is 0. The van der Waals surface area contributed by atoms with Gasteiger partial charge >= 0.3 is 0 Å². The maximum atomic E-state index is 5.16. The van der Waals surface area contributed by atoms with Gasteiger partial charge in [-0.2, -0.15) is 0 Å². The molecular formula is C17H30N2O. The Morgan fingerprint density at radius 2 is 2.05 bits per heavy atom. The highest BCUT2D eigenvalue weighted by atomic mass is 16.5. The number of likely N-dealkylation sites (N-methyl/N-ethyl adjacent to an activating group) is 1. The van der Waals surface area contributed by atoms with Crippen LogP contribution in [0.5, 0.6) is 0 Å². The molecule has 0 aliphatic heterocycles. The largest absolute Gasteiger partial charge is 0.383 e. The Balaban J connectivity index is 2.76. The normalized spacial score (nSPS) is 12.9. The first-order chi connectivity index (χ1) is 9.58. The first-order valence-electron chi connectivity index (χ1n) is 7.56. The van der Waals surface area contributed by atoms with E-state index in [-0.39, 0.29) is 0 Å². The Morgan fingerprint density at radius 1 is 1.30 bits per heavy atom. The fourth-order valence-corrected chi connectivity index (χ4v) is 2.46. The molecule has 0 aliphatic carbocycles. The molecule has 0 saturated carbocycles. The Morgan fingerprint density at radius 3 is 2.65 bits per heavy atom. The number of benzene rings is 1. The molecule has 1 atom stereocenters. The summed E-state index contributed by atoms with van der Waals surface area (Å²) in [5, 5.41) is 3.67. The molecule has 0 aliphatic rings. The maximum absolute atomic E-state index is 5.16. The number of nitrogens with zero attached hydrogens (tertiary/aromatic N) is 1. The van der Waals surface area contributed by atoms with E-state index in [0.29, 0.717) is 6.04 Å². The zero-order valence-electron chi connectivity index (χ0n) is 13.7. The topological polar surface area (TPSA) is 24.5 Å². The zero-order valence-corrected chi connectivity index (χ0v) is 13.7. The molecule has 1 N–H and O–H groups in total. The summed E-state index contributed by atoms with van der Waals surface area (Å²) in [6.45, 7) is 10.4. The average molecular weight is 278 g/mol. The number of methoxy groups -OCH3 is 1. The molecule has 0 heterocycles. The Kier molecular flexibility index (Phi) is 7.82.